The maximum atomic E-state index is 12.1. The number of carbonyl (C=O) groups excluding carboxylic acids is 1. The third-order valence-corrected chi connectivity index (χ3v) is 5.00. The summed E-state index contributed by atoms with van der Waals surface area (Å²) in [6.45, 7) is 4.09. The van der Waals surface area contributed by atoms with Crippen LogP contribution >= 0.6 is 0 Å². The molecular formula is C15H23N3O3S. The molecule has 1 aromatic rings. The molecule has 1 aliphatic heterocycles. The van der Waals surface area contributed by atoms with Gasteiger partial charge in [-0.05, 0) is 56.0 Å². The fourth-order valence-corrected chi connectivity index (χ4v) is 3.35. The van der Waals surface area contributed by atoms with E-state index in [2.05, 4.69) is 17.6 Å². The van der Waals surface area contributed by atoms with Crippen molar-refractivity contribution in [2.24, 2.45) is 17.0 Å². The molecule has 2 rings (SSSR count). The highest BCUT2D eigenvalue weighted by atomic mass is 32.2. The number of sulfonamides is 1. The molecule has 1 saturated heterocycles. The van der Waals surface area contributed by atoms with Gasteiger partial charge in [0.2, 0.25) is 15.9 Å². The van der Waals surface area contributed by atoms with Crippen LogP contribution in [0.2, 0.25) is 0 Å². The molecule has 7 heteroatoms. The van der Waals surface area contributed by atoms with Gasteiger partial charge in [-0.1, -0.05) is 13.0 Å². The second-order valence-corrected chi connectivity index (χ2v) is 7.47. The van der Waals surface area contributed by atoms with Crippen LogP contribution in [0.1, 0.15) is 26.2 Å². The predicted molar refractivity (Wildman–Crippen MR) is 85.8 cm³/mol. The van der Waals surface area contributed by atoms with Crippen LogP contribution in [0.3, 0.4) is 0 Å². The number of nitrogens with two attached hydrogens (primary N) is 1. The number of carbonyl (C=O) groups is 1. The van der Waals surface area contributed by atoms with E-state index in [0.29, 0.717) is 18.0 Å². The number of hydrogen-bond donors (Lipinski definition) is 3. The van der Waals surface area contributed by atoms with Gasteiger partial charge in [0.15, 0.2) is 0 Å². The molecule has 4 N–H and O–H groups in total. The lowest BCUT2D eigenvalue weighted by Gasteiger charge is -2.28. The van der Waals surface area contributed by atoms with E-state index < -0.39 is 10.0 Å². The summed E-state index contributed by atoms with van der Waals surface area (Å²) in [6, 6.07) is 5.99. The van der Waals surface area contributed by atoms with Crippen molar-refractivity contribution in [2.75, 3.05) is 18.4 Å². The van der Waals surface area contributed by atoms with Crippen molar-refractivity contribution >= 4 is 21.6 Å². The molecule has 1 aliphatic rings. The van der Waals surface area contributed by atoms with E-state index in [0.717, 1.165) is 25.9 Å². The predicted octanol–water partition coefficient (Wildman–Crippen LogP) is 1.30. The minimum Gasteiger partial charge on any atom is -0.326 e. The van der Waals surface area contributed by atoms with Crippen molar-refractivity contribution in [3.8, 4) is 0 Å². The van der Waals surface area contributed by atoms with Crippen molar-refractivity contribution in [3.05, 3.63) is 24.3 Å². The third kappa shape index (κ3) is 4.79. The number of benzene rings is 1. The van der Waals surface area contributed by atoms with Crippen LogP contribution in [-0.4, -0.2) is 27.4 Å². The lowest BCUT2D eigenvalue weighted by atomic mass is 9.85. The highest BCUT2D eigenvalue weighted by Crippen LogP contribution is 2.23. The summed E-state index contributed by atoms with van der Waals surface area (Å²) in [5, 5.41) is 11.2. The van der Waals surface area contributed by atoms with E-state index >= 15 is 0 Å². The van der Waals surface area contributed by atoms with E-state index in [1.54, 1.807) is 12.1 Å². The molecule has 0 spiro atoms. The van der Waals surface area contributed by atoms with Gasteiger partial charge in [0, 0.05) is 12.1 Å². The monoisotopic (exact) mass is 325 g/mol. The van der Waals surface area contributed by atoms with Gasteiger partial charge in [-0.15, -0.1) is 0 Å². The van der Waals surface area contributed by atoms with Gasteiger partial charge in [-0.2, -0.15) is 0 Å². The molecule has 1 aromatic carbocycles. The Kier molecular flexibility index (Phi) is 5.55. The number of hydrogen-bond acceptors (Lipinski definition) is 4. The molecule has 6 nitrogen and oxygen atoms in total. The second kappa shape index (κ2) is 7.21. The average molecular weight is 325 g/mol. The molecule has 1 amide bonds. The molecule has 2 unspecified atom stereocenters. The van der Waals surface area contributed by atoms with E-state index in [-0.39, 0.29) is 16.7 Å². The standard InChI is InChI=1S/C15H23N3O3S/c1-11(12-4-3-7-17-10-12)8-15(19)18-13-5-2-6-14(9-13)22(16,20)21/h2,5-6,9,11-12,17H,3-4,7-8,10H2,1H3,(H,18,19)(H2,16,20,21). The van der Waals surface area contributed by atoms with Crippen molar-refractivity contribution in [1.29, 1.82) is 0 Å². The fraction of sp³-hybridized carbons (Fsp3) is 0.533. The number of nitrogens with one attached hydrogen (secondary N) is 2. The quantitative estimate of drug-likeness (QED) is 0.759. The van der Waals surface area contributed by atoms with Crippen LogP contribution in [0.5, 0.6) is 0 Å². The van der Waals surface area contributed by atoms with Crippen LogP contribution in [0, 0.1) is 11.8 Å². The summed E-state index contributed by atoms with van der Waals surface area (Å²) in [7, 11) is -3.76. The van der Waals surface area contributed by atoms with Gasteiger partial charge in [0.1, 0.15) is 0 Å². The molecule has 1 fully saturated rings. The van der Waals surface area contributed by atoms with E-state index in [9.17, 15) is 13.2 Å². The lowest BCUT2D eigenvalue weighted by Crippen LogP contribution is -2.34. The highest BCUT2D eigenvalue weighted by Gasteiger charge is 2.22. The highest BCUT2D eigenvalue weighted by molar-refractivity contribution is 7.89. The van der Waals surface area contributed by atoms with Crippen LogP contribution < -0.4 is 15.8 Å². The normalized spacial score (nSPS) is 20.4. The van der Waals surface area contributed by atoms with E-state index in [1.807, 2.05) is 0 Å². The summed E-state index contributed by atoms with van der Waals surface area (Å²) < 4.78 is 22.6. The number of primary sulfonamides is 1. The topological polar surface area (TPSA) is 101 Å². The Morgan fingerprint density at radius 1 is 1.50 bits per heavy atom. The van der Waals surface area contributed by atoms with Gasteiger partial charge < -0.3 is 10.6 Å². The van der Waals surface area contributed by atoms with Crippen LogP contribution in [0.15, 0.2) is 29.2 Å². The maximum Gasteiger partial charge on any atom is 0.238 e. The SMILES string of the molecule is CC(CC(=O)Nc1cccc(S(N)(=O)=O)c1)C1CCCNC1. The zero-order valence-corrected chi connectivity index (χ0v) is 13.5. The molecule has 122 valence electrons. The van der Waals surface area contributed by atoms with Crippen LogP contribution in [0.25, 0.3) is 0 Å². The summed E-state index contributed by atoms with van der Waals surface area (Å²) in [6.07, 6.45) is 2.71. The average Bonchev–Trinajstić information content (AvgIpc) is 2.47. The first-order valence-corrected chi connectivity index (χ1v) is 9.04. The first-order valence-electron chi connectivity index (χ1n) is 7.49. The maximum absolute atomic E-state index is 12.1. The minimum atomic E-state index is -3.76. The minimum absolute atomic E-state index is 0.00479. The van der Waals surface area contributed by atoms with E-state index in [1.165, 1.54) is 12.1 Å². The van der Waals surface area contributed by atoms with Crippen LogP contribution in [-0.2, 0) is 14.8 Å². The van der Waals surface area contributed by atoms with Gasteiger partial charge in [0.25, 0.3) is 0 Å². The zero-order valence-electron chi connectivity index (χ0n) is 12.7. The molecule has 0 saturated carbocycles. The number of piperidine rings is 1. The van der Waals surface area contributed by atoms with Crippen molar-refractivity contribution in [2.45, 2.75) is 31.1 Å². The summed E-state index contributed by atoms with van der Waals surface area (Å²) in [5.74, 6) is 0.689. The lowest BCUT2D eigenvalue weighted by molar-refractivity contribution is -0.117. The summed E-state index contributed by atoms with van der Waals surface area (Å²) in [5.41, 5.74) is 0.450. The third-order valence-electron chi connectivity index (χ3n) is 4.09. The van der Waals surface area contributed by atoms with Gasteiger partial charge in [-0.25, -0.2) is 13.6 Å². The van der Waals surface area contributed by atoms with Gasteiger partial charge in [-0.3, -0.25) is 4.79 Å². The molecule has 0 radical (unpaired) electrons. The van der Waals surface area contributed by atoms with Crippen molar-refractivity contribution < 1.29 is 13.2 Å². The van der Waals surface area contributed by atoms with Gasteiger partial charge >= 0.3 is 0 Å². The van der Waals surface area contributed by atoms with Crippen molar-refractivity contribution in [1.82, 2.24) is 5.32 Å². The Balaban J connectivity index is 1.94. The smallest absolute Gasteiger partial charge is 0.238 e. The molecule has 0 aliphatic carbocycles. The Morgan fingerprint density at radius 2 is 2.27 bits per heavy atom. The number of rotatable bonds is 5. The van der Waals surface area contributed by atoms with Crippen LogP contribution in [0.4, 0.5) is 5.69 Å². The summed E-state index contributed by atoms with van der Waals surface area (Å²) >= 11 is 0. The summed E-state index contributed by atoms with van der Waals surface area (Å²) in [4.78, 5) is 12.1. The molecule has 0 bridgehead atoms. The number of amides is 1. The molecule has 1 heterocycles. The fourth-order valence-electron chi connectivity index (χ4n) is 2.79. The largest absolute Gasteiger partial charge is 0.326 e. The first-order chi connectivity index (χ1) is 10.4. The second-order valence-electron chi connectivity index (χ2n) is 5.91. The molecule has 2 atom stereocenters. The van der Waals surface area contributed by atoms with Gasteiger partial charge in [0.05, 0.1) is 4.90 Å². The van der Waals surface area contributed by atoms with E-state index in [4.69, 9.17) is 5.14 Å². The Labute approximate surface area is 131 Å². The first kappa shape index (κ1) is 16.9. The Morgan fingerprint density at radius 3 is 2.91 bits per heavy atom. The molecule has 22 heavy (non-hydrogen) atoms. The Bertz CT molecular complexity index is 625. The number of anilines is 1. The van der Waals surface area contributed by atoms with Crippen molar-refractivity contribution in [3.63, 3.8) is 0 Å². The Hall–Kier alpha value is -1.44. The molecule has 0 aromatic heterocycles. The zero-order chi connectivity index (χ0) is 16.2. The molecular weight excluding hydrogens is 302 g/mol.